The summed E-state index contributed by atoms with van der Waals surface area (Å²) in [7, 11) is 0. The van der Waals surface area contributed by atoms with Crippen LogP contribution in [0.3, 0.4) is 0 Å². The van der Waals surface area contributed by atoms with Crippen molar-refractivity contribution < 1.29 is 9.47 Å². The normalized spacial score (nSPS) is 31.5. The molecule has 82 valence electrons. The fourth-order valence-electron chi connectivity index (χ4n) is 1.56. The monoisotopic (exact) mass is 271 g/mol. The van der Waals surface area contributed by atoms with E-state index in [1.807, 2.05) is 31.2 Å². The number of ether oxygens (including phenoxy) is 2. The van der Waals surface area contributed by atoms with Crippen LogP contribution in [0, 0.1) is 0 Å². The average Bonchev–Trinajstić information content (AvgIpc) is 2.23. The average molecular weight is 272 g/mol. The molecular formula is C11H14BrNO2. The second-order valence-corrected chi connectivity index (χ2v) is 4.75. The van der Waals surface area contributed by atoms with Crippen molar-refractivity contribution in [1.82, 2.24) is 0 Å². The Kier molecular flexibility index (Phi) is 3.11. The molecule has 0 spiro atoms. The smallest absolute Gasteiger partial charge is 0.192 e. The molecule has 0 aromatic heterocycles. The number of hydrogen-bond acceptors (Lipinski definition) is 3. The molecule has 1 aliphatic rings. The van der Waals surface area contributed by atoms with Gasteiger partial charge in [-0.25, -0.2) is 0 Å². The van der Waals surface area contributed by atoms with Gasteiger partial charge in [0.15, 0.2) is 5.79 Å². The second kappa shape index (κ2) is 4.22. The lowest BCUT2D eigenvalue weighted by Crippen LogP contribution is -2.46. The first-order valence-electron chi connectivity index (χ1n) is 4.90. The molecular weight excluding hydrogens is 258 g/mol. The number of halogens is 1. The molecule has 0 atom stereocenters. The Morgan fingerprint density at radius 3 is 2.67 bits per heavy atom. The standard InChI is InChI=1S/C11H14BrNO2/c1-11(14-6-10(13)7-15-11)8-3-2-4-9(12)5-8/h2-5,10H,6-7,13H2,1H3. The molecule has 1 saturated heterocycles. The van der Waals surface area contributed by atoms with Gasteiger partial charge in [-0.2, -0.15) is 0 Å². The van der Waals surface area contributed by atoms with Crippen molar-refractivity contribution in [2.24, 2.45) is 5.73 Å². The van der Waals surface area contributed by atoms with E-state index in [4.69, 9.17) is 15.2 Å². The minimum atomic E-state index is -0.667. The third-order valence-corrected chi connectivity index (χ3v) is 2.99. The molecule has 0 aliphatic carbocycles. The minimum absolute atomic E-state index is 0.0229. The van der Waals surface area contributed by atoms with Crippen LogP contribution in [0.15, 0.2) is 28.7 Å². The van der Waals surface area contributed by atoms with Crippen LogP contribution < -0.4 is 5.73 Å². The quantitative estimate of drug-likeness (QED) is 0.850. The van der Waals surface area contributed by atoms with Gasteiger partial charge in [0.2, 0.25) is 0 Å². The van der Waals surface area contributed by atoms with Crippen LogP contribution in [0.25, 0.3) is 0 Å². The Bertz CT molecular complexity index is 348. The molecule has 3 nitrogen and oxygen atoms in total. The Labute approximate surface area is 97.7 Å². The third kappa shape index (κ3) is 2.39. The maximum absolute atomic E-state index is 5.70. The Morgan fingerprint density at radius 2 is 2.07 bits per heavy atom. The summed E-state index contributed by atoms with van der Waals surface area (Å²) in [5.41, 5.74) is 6.71. The molecule has 2 rings (SSSR count). The summed E-state index contributed by atoms with van der Waals surface area (Å²) in [6, 6.07) is 7.90. The van der Waals surface area contributed by atoms with Crippen LogP contribution in [0.2, 0.25) is 0 Å². The van der Waals surface area contributed by atoms with Crippen molar-refractivity contribution in [2.45, 2.75) is 18.8 Å². The summed E-state index contributed by atoms with van der Waals surface area (Å²) < 4.78 is 12.3. The number of rotatable bonds is 1. The van der Waals surface area contributed by atoms with Gasteiger partial charge in [0.05, 0.1) is 19.3 Å². The zero-order valence-corrected chi connectivity index (χ0v) is 10.2. The highest BCUT2D eigenvalue weighted by Crippen LogP contribution is 2.31. The predicted octanol–water partition coefficient (Wildman–Crippen LogP) is 2.00. The molecule has 4 heteroatoms. The fourth-order valence-corrected chi connectivity index (χ4v) is 1.96. The molecule has 1 fully saturated rings. The number of benzene rings is 1. The maximum Gasteiger partial charge on any atom is 0.192 e. The third-order valence-electron chi connectivity index (χ3n) is 2.49. The van der Waals surface area contributed by atoms with E-state index in [1.54, 1.807) is 0 Å². The van der Waals surface area contributed by atoms with Gasteiger partial charge in [-0.15, -0.1) is 0 Å². The van der Waals surface area contributed by atoms with E-state index in [2.05, 4.69) is 15.9 Å². The van der Waals surface area contributed by atoms with E-state index >= 15 is 0 Å². The van der Waals surface area contributed by atoms with E-state index in [-0.39, 0.29) is 6.04 Å². The van der Waals surface area contributed by atoms with Gasteiger partial charge in [0, 0.05) is 10.0 Å². The van der Waals surface area contributed by atoms with Crippen LogP contribution in [-0.4, -0.2) is 19.3 Å². The summed E-state index contributed by atoms with van der Waals surface area (Å²) in [6.07, 6.45) is 0. The Morgan fingerprint density at radius 1 is 1.40 bits per heavy atom. The van der Waals surface area contributed by atoms with Crippen molar-refractivity contribution in [1.29, 1.82) is 0 Å². The van der Waals surface area contributed by atoms with Gasteiger partial charge in [-0.3, -0.25) is 0 Å². The number of hydrogen-bond donors (Lipinski definition) is 1. The summed E-state index contributed by atoms with van der Waals surface area (Å²) in [5.74, 6) is -0.667. The second-order valence-electron chi connectivity index (χ2n) is 3.84. The molecule has 0 unspecified atom stereocenters. The lowest BCUT2D eigenvalue weighted by Gasteiger charge is -2.36. The van der Waals surface area contributed by atoms with Crippen LogP contribution in [0.5, 0.6) is 0 Å². The molecule has 15 heavy (non-hydrogen) atoms. The van der Waals surface area contributed by atoms with E-state index in [1.165, 1.54) is 0 Å². The molecule has 0 saturated carbocycles. The highest BCUT2D eigenvalue weighted by molar-refractivity contribution is 9.10. The van der Waals surface area contributed by atoms with Crippen molar-refractivity contribution >= 4 is 15.9 Å². The fraction of sp³-hybridized carbons (Fsp3) is 0.455. The topological polar surface area (TPSA) is 44.5 Å². The molecule has 1 heterocycles. The van der Waals surface area contributed by atoms with Gasteiger partial charge >= 0.3 is 0 Å². The van der Waals surface area contributed by atoms with Crippen molar-refractivity contribution in [3.8, 4) is 0 Å². The summed E-state index contributed by atoms with van der Waals surface area (Å²) >= 11 is 3.43. The predicted molar refractivity (Wildman–Crippen MR) is 61.4 cm³/mol. The van der Waals surface area contributed by atoms with E-state index < -0.39 is 5.79 Å². The largest absolute Gasteiger partial charge is 0.344 e. The van der Waals surface area contributed by atoms with E-state index in [0.717, 1.165) is 10.0 Å². The first kappa shape index (κ1) is 11.1. The first-order valence-corrected chi connectivity index (χ1v) is 5.69. The number of nitrogens with two attached hydrogens (primary N) is 1. The molecule has 1 aliphatic heterocycles. The molecule has 1 aromatic rings. The molecule has 1 aromatic carbocycles. The van der Waals surface area contributed by atoms with Gasteiger partial charge in [0.25, 0.3) is 0 Å². The minimum Gasteiger partial charge on any atom is -0.344 e. The van der Waals surface area contributed by atoms with Gasteiger partial charge < -0.3 is 15.2 Å². The van der Waals surface area contributed by atoms with Crippen molar-refractivity contribution in [3.05, 3.63) is 34.3 Å². The summed E-state index contributed by atoms with van der Waals surface area (Å²) in [6.45, 7) is 2.98. The molecule has 0 radical (unpaired) electrons. The van der Waals surface area contributed by atoms with Gasteiger partial charge in [-0.1, -0.05) is 28.1 Å². The maximum atomic E-state index is 5.70. The van der Waals surface area contributed by atoms with Gasteiger partial charge in [-0.05, 0) is 19.1 Å². The molecule has 0 bridgehead atoms. The zero-order chi connectivity index (χ0) is 10.9. The van der Waals surface area contributed by atoms with Crippen molar-refractivity contribution in [2.75, 3.05) is 13.2 Å². The van der Waals surface area contributed by atoms with E-state index in [0.29, 0.717) is 13.2 Å². The van der Waals surface area contributed by atoms with Crippen LogP contribution in [-0.2, 0) is 15.3 Å². The van der Waals surface area contributed by atoms with Crippen LogP contribution in [0.4, 0.5) is 0 Å². The molecule has 2 N–H and O–H groups in total. The van der Waals surface area contributed by atoms with Crippen LogP contribution >= 0.6 is 15.9 Å². The SMILES string of the molecule is CC1(c2cccc(Br)c2)OCC(N)CO1. The lowest BCUT2D eigenvalue weighted by atomic mass is 10.1. The lowest BCUT2D eigenvalue weighted by molar-refractivity contribution is -0.270. The Balaban J connectivity index is 2.22. The zero-order valence-electron chi connectivity index (χ0n) is 8.57. The summed E-state index contributed by atoms with van der Waals surface area (Å²) in [5, 5.41) is 0. The highest BCUT2D eigenvalue weighted by atomic mass is 79.9. The highest BCUT2D eigenvalue weighted by Gasteiger charge is 2.33. The summed E-state index contributed by atoms with van der Waals surface area (Å²) in [4.78, 5) is 0. The molecule has 0 amide bonds. The Hall–Kier alpha value is -0.420. The van der Waals surface area contributed by atoms with E-state index in [9.17, 15) is 0 Å². The van der Waals surface area contributed by atoms with Crippen LogP contribution in [0.1, 0.15) is 12.5 Å². The van der Waals surface area contributed by atoms with Gasteiger partial charge in [0.1, 0.15) is 0 Å². The first-order chi connectivity index (χ1) is 7.10. The van der Waals surface area contributed by atoms with Crippen molar-refractivity contribution in [3.63, 3.8) is 0 Å².